The summed E-state index contributed by atoms with van der Waals surface area (Å²) >= 11 is 2.05. The van der Waals surface area contributed by atoms with Crippen molar-refractivity contribution < 1.29 is 23.8 Å². The molecular formula is C14H18IN3O5. The molecule has 2 amide bonds. The third kappa shape index (κ3) is 6.72. The highest BCUT2D eigenvalue weighted by Gasteiger charge is 2.14. The summed E-state index contributed by atoms with van der Waals surface area (Å²) in [4.78, 5) is 22.0. The number of nitrogens with zero attached hydrogens (tertiary/aromatic N) is 1. The second-order valence-electron chi connectivity index (χ2n) is 4.09. The minimum Gasteiger partial charge on any atom is -0.490 e. The van der Waals surface area contributed by atoms with E-state index in [0.717, 1.165) is 3.57 Å². The lowest BCUT2D eigenvalue weighted by molar-refractivity contribution is -0.145. The molecule has 0 aliphatic carbocycles. The molecule has 0 radical (unpaired) electrons. The summed E-state index contributed by atoms with van der Waals surface area (Å²) < 4.78 is 16.6. The van der Waals surface area contributed by atoms with Gasteiger partial charge in [0.1, 0.15) is 0 Å². The maximum Gasteiger partial charge on any atom is 0.344 e. The van der Waals surface area contributed by atoms with Crippen molar-refractivity contribution in [2.75, 3.05) is 19.8 Å². The maximum absolute atomic E-state index is 11.4. The van der Waals surface area contributed by atoms with E-state index in [2.05, 4.69) is 33.1 Å². The van der Waals surface area contributed by atoms with Crippen molar-refractivity contribution in [2.24, 2.45) is 10.8 Å². The third-order valence-electron chi connectivity index (χ3n) is 2.36. The zero-order valence-corrected chi connectivity index (χ0v) is 15.0. The van der Waals surface area contributed by atoms with Gasteiger partial charge in [0.2, 0.25) is 0 Å². The van der Waals surface area contributed by atoms with Crippen LogP contribution in [0.2, 0.25) is 0 Å². The number of carbonyl (C=O) groups excluding carboxylic acids is 2. The Balaban J connectivity index is 2.94. The van der Waals surface area contributed by atoms with Gasteiger partial charge >= 0.3 is 12.0 Å². The van der Waals surface area contributed by atoms with Crippen molar-refractivity contribution in [2.45, 2.75) is 13.8 Å². The number of hydrazone groups is 1. The van der Waals surface area contributed by atoms with Crippen LogP contribution >= 0.6 is 22.6 Å². The lowest BCUT2D eigenvalue weighted by Gasteiger charge is -2.14. The van der Waals surface area contributed by atoms with Crippen LogP contribution in [0.3, 0.4) is 0 Å². The van der Waals surface area contributed by atoms with Gasteiger partial charge in [-0.3, -0.25) is 0 Å². The second-order valence-corrected chi connectivity index (χ2v) is 5.25. The first-order valence-corrected chi connectivity index (χ1v) is 7.89. The zero-order valence-electron chi connectivity index (χ0n) is 12.8. The molecule has 0 heterocycles. The van der Waals surface area contributed by atoms with Gasteiger partial charge in [0.15, 0.2) is 18.1 Å². The summed E-state index contributed by atoms with van der Waals surface area (Å²) in [6.07, 6.45) is 1.42. The monoisotopic (exact) mass is 435 g/mol. The first-order chi connectivity index (χ1) is 11.0. The molecular weight excluding hydrogens is 417 g/mol. The summed E-state index contributed by atoms with van der Waals surface area (Å²) in [5.41, 5.74) is 7.71. The van der Waals surface area contributed by atoms with E-state index in [1.54, 1.807) is 19.1 Å². The molecule has 126 valence electrons. The Morgan fingerprint density at radius 1 is 1.30 bits per heavy atom. The first-order valence-electron chi connectivity index (χ1n) is 6.81. The Morgan fingerprint density at radius 2 is 2.04 bits per heavy atom. The van der Waals surface area contributed by atoms with Crippen molar-refractivity contribution in [3.8, 4) is 11.5 Å². The van der Waals surface area contributed by atoms with Crippen LogP contribution in [0.15, 0.2) is 17.2 Å². The number of urea groups is 1. The summed E-state index contributed by atoms with van der Waals surface area (Å²) in [6.45, 7) is 4.06. The first kappa shape index (κ1) is 19.0. The van der Waals surface area contributed by atoms with Crippen molar-refractivity contribution >= 4 is 40.8 Å². The van der Waals surface area contributed by atoms with Crippen LogP contribution in [-0.4, -0.2) is 38.0 Å². The normalized spacial score (nSPS) is 10.4. The van der Waals surface area contributed by atoms with Crippen molar-refractivity contribution in [1.29, 1.82) is 0 Å². The zero-order chi connectivity index (χ0) is 17.2. The van der Waals surface area contributed by atoms with Crippen LogP contribution < -0.4 is 20.6 Å². The molecule has 9 heteroatoms. The number of carbonyl (C=O) groups is 2. The molecule has 0 saturated carbocycles. The van der Waals surface area contributed by atoms with Gasteiger partial charge < -0.3 is 19.9 Å². The number of nitrogens with one attached hydrogen (secondary N) is 1. The molecule has 0 unspecified atom stereocenters. The minimum atomic E-state index is -0.754. The molecule has 0 fully saturated rings. The molecule has 23 heavy (non-hydrogen) atoms. The van der Waals surface area contributed by atoms with Gasteiger partial charge in [-0.05, 0) is 54.1 Å². The minimum absolute atomic E-state index is 0.208. The molecule has 1 aromatic carbocycles. The molecule has 1 aromatic rings. The number of nitrogens with two attached hydrogens (primary N) is 1. The molecule has 1 rings (SSSR count). The number of hydrogen-bond acceptors (Lipinski definition) is 6. The van der Waals surface area contributed by atoms with Crippen LogP contribution in [0.4, 0.5) is 4.79 Å². The molecule has 3 N–H and O–H groups in total. The van der Waals surface area contributed by atoms with Crippen LogP contribution in [0.1, 0.15) is 19.4 Å². The van der Waals surface area contributed by atoms with E-state index < -0.39 is 12.0 Å². The van der Waals surface area contributed by atoms with E-state index in [1.165, 1.54) is 6.21 Å². The highest BCUT2D eigenvalue weighted by molar-refractivity contribution is 14.1. The van der Waals surface area contributed by atoms with Gasteiger partial charge in [-0.1, -0.05) is 0 Å². The maximum atomic E-state index is 11.4. The molecule has 0 aliphatic heterocycles. The SMILES string of the molecule is CCOC(=O)COc1c(I)cc(C=NNC(N)=O)cc1OCC. The van der Waals surface area contributed by atoms with Crippen LogP contribution in [-0.2, 0) is 9.53 Å². The number of halogens is 1. The van der Waals surface area contributed by atoms with Crippen molar-refractivity contribution in [3.05, 3.63) is 21.3 Å². The Labute approximate surface area is 147 Å². The van der Waals surface area contributed by atoms with E-state index in [4.69, 9.17) is 19.9 Å². The molecule has 0 spiro atoms. The summed E-state index contributed by atoms with van der Waals surface area (Å²) in [5.74, 6) is 0.451. The number of ether oxygens (including phenoxy) is 3. The number of rotatable bonds is 8. The standard InChI is InChI=1S/C14H18IN3O5/c1-3-21-11-6-9(7-17-18-14(16)20)5-10(15)13(11)23-8-12(19)22-4-2/h5-7H,3-4,8H2,1-2H3,(H3,16,18,20). The Morgan fingerprint density at radius 3 is 2.65 bits per heavy atom. The van der Waals surface area contributed by atoms with Gasteiger partial charge in [0.05, 0.1) is 23.0 Å². The van der Waals surface area contributed by atoms with Crippen LogP contribution in [0.5, 0.6) is 11.5 Å². The van der Waals surface area contributed by atoms with Gasteiger partial charge in [-0.2, -0.15) is 5.10 Å². The Hall–Kier alpha value is -2.04. The lowest BCUT2D eigenvalue weighted by atomic mass is 10.2. The summed E-state index contributed by atoms with van der Waals surface area (Å²) in [6, 6.07) is 2.68. The topological polar surface area (TPSA) is 112 Å². The predicted molar refractivity (Wildman–Crippen MR) is 92.8 cm³/mol. The predicted octanol–water partition coefficient (Wildman–Crippen LogP) is 1.63. The van der Waals surface area contributed by atoms with Crippen LogP contribution in [0, 0.1) is 3.57 Å². The van der Waals surface area contributed by atoms with E-state index in [1.807, 2.05) is 6.92 Å². The number of benzene rings is 1. The average Bonchev–Trinajstić information content (AvgIpc) is 2.46. The Bertz CT molecular complexity index is 592. The number of esters is 1. The second kappa shape index (κ2) is 9.87. The van der Waals surface area contributed by atoms with Gasteiger partial charge in [-0.15, -0.1) is 0 Å². The summed E-state index contributed by atoms with van der Waals surface area (Å²) in [5, 5.41) is 3.69. The highest BCUT2D eigenvalue weighted by Crippen LogP contribution is 2.33. The molecule has 8 nitrogen and oxygen atoms in total. The third-order valence-corrected chi connectivity index (χ3v) is 3.16. The van der Waals surface area contributed by atoms with E-state index in [0.29, 0.717) is 30.3 Å². The largest absolute Gasteiger partial charge is 0.490 e. The van der Waals surface area contributed by atoms with Crippen LogP contribution in [0.25, 0.3) is 0 Å². The molecule has 0 bridgehead atoms. The highest BCUT2D eigenvalue weighted by atomic mass is 127. The number of hydrogen-bond donors (Lipinski definition) is 2. The number of primary amides is 1. The van der Waals surface area contributed by atoms with E-state index in [-0.39, 0.29) is 6.61 Å². The fraction of sp³-hybridized carbons (Fsp3) is 0.357. The summed E-state index contributed by atoms with van der Waals surface area (Å²) in [7, 11) is 0. The quantitative estimate of drug-likeness (QED) is 0.279. The average molecular weight is 435 g/mol. The van der Waals surface area contributed by atoms with Crippen molar-refractivity contribution in [1.82, 2.24) is 5.43 Å². The van der Waals surface area contributed by atoms with Crippen molar-refractivity contribution in [3.63, 3.8) is 0 Å². The van der Waals surface area contributed by atoms with Gasteiger partial charge in [0, 0.05) is 0 Å². The lowest BCUT2D eigenvalue weighted by Crippen LogP contribution is -2.24. The van der Waals surface area contributed by atoms with E-state index >= 15 is 0 Å². The number of amides is 2. The fourth-order valence-corrected chi connectivity index (χ4v) is 2.35. The smallest absolute Gasteiger partial charge is 0.344 e. The Kier molecular flexibility index (Phi) is 8.16. The fourth-order valence-electron chi connectivity index (χ4n) is 1.57. The van der Waals surface area contributed by atoms with Gasteiger partial charge in [-0.25, -0.2) is 15.0 Å². The van der Waals surface area contributed by atoms with Gasteiger partial charge in [0.25, 0.3) is 0 Å². The molecule has 0 atom stereocenters. The molecule has 0 saturated heterocycles. The molecule has 0 aromatic heterocycles. The molecule has 0 aliphatic rings. The van der Waals surface area contributed by atoms with E-state index in [9.17, 15) is 9.59 Å².